The number of hydrogen-bond acceptors (Lipinski definition) is 6. The topological polar surface area (TPSA) is 103 Å². The van der Waals surface area contributed by atoms with Crippen LogP contribution in [0.5, 0.6) is 11.5 Å². The Hall–Kier alpha value is -4.17. The molecule has 9 heteroatoms. The zero-order chi connectivity index (χ0) is 25.2. The van der Waals surface area contributed by atoms with E-state index in [-0.39, 0.29) is 18.2 Å². The third kappa shape index (κ3) is 7.15. The molecule has 35 heavy (non-hydrogen) atoms. The molecule has 0 saturated heterocycles. The van der Waals surface area contributed by atoms with Crippen molar-refractivity contribution in [1.29, 1.82) is 0 Å². The summed E-state index contributed by atoms with van der Waals surface area (Å²) in [5.74, 6) is 0.634. The number of benzene rings is 3. The Labute approximate surface area is 208 Å². The minimum atomic E-state index is -0.446. The van der Waals surface area contributed by atoms with Crippen molar-refractivity contribution >= 4 is 29.4 Å². The van der Waals surface area contributed by atoms with Gasteiger partial charge in [0.15, 0.2) is 11.5 Å². The summed E-state index contributed by atoms with van der Waals surface area (Å²) < 4.78 is 11.8. The van der Waals surface area contributed by atoms with E-state index in [2.05, 4.69) is 17.1 Å². The number of allylic oxidation sites excluding steroid dienone is 1. The van der Waals surface area contributed by atoms with Crippen LogP contribution in [-0.2, 0) is 13.0 Å². The highest BCUT2D eigenvalue weighted by atomic mass is 35.5. The quantitative estimate of drug-likeness (QED) is 0.159. The molecule has 0 aromatic heterocycles. The molecule has 0 aliphatic heterocycles. The molecule has 8 nitrogen and oxygen atoms in total. The summed E-state index contributed by atoms with van der Waals surface area (Å²) >= 11 is 5.85. The zero-order valence-electron chi connectivity index (χ0n) is 19.1. The molecule has 0 aliphatic carbocycles. The van der Waals surface area contributed by atoms with E-state index in [1.807, 2.05) is 13.0 Å². The van der Waals surface area contributed by atoms with Crippen molar-refractivity contribution in [3.05, 3.63) is 111 Å². The smallest absolute Gasteiger partial charge is 0.271 e. The van der Waals surface area contributed by atoms with E-state index in [4.69, 9.17) is 21.1 Å². The molecular formula is C26H24ClN3O5. The molecule has 1 N–H and O–H groups in total. The Morgan fingerprint density at radius 3 is 2.63 bits per heavy atom. The molecule has 3 aromatic rings. The van der Waals surface area contributed by atoms with Gasteiger partial charge >= 0.3 is 0 Å². The molecule has 1 amide bonds. The molecule has 3 aromatic carbocycles. The normalized spacial score (nSPS) is 10.7. The lowest BCUT2D eigenvalue weighted by atomic mass is 10.1. The first-order valence-electron chi connectivity index (χ1n) is 10.8. The molecule has 180 valence electrons. The summed E-state index contributed by atoms with van der Waals surface area (Å²) in [5, 5.41) is 15.6. The van der Waals surface area contributed by atoms with Crippen LogP contribution in [-0.4, -0.2) is 23.7 Å². The third-order valence-corrected chi connectivity index (χ3v) is 5.06. The van der Waals surface area contributed by atoms with Crippen LogP contribution in [0.25, 0.3) is 0 Å². The summed E-state index contributed by atoms with van der Waals surface area (Å²) in [6.07, 6.45) is 3.73. The van der Waals surface area contributed by atoms with Crippen LogP contribution in [0.2, 0.25) is 5.02 Å². The Balaban J connectivity index is 1.81. The Kier molecular flexibility index (Phi) is 8.97. The average molecular weight is 494 g/mol. The van der Waals surface area contributed by atoms with Gasteiger partial charge in [-0.15, -0.1) is 6.58 Å². The number of nitro groups is 1. The third-order valence-electron chi connectivity index (χ3n) is 4.81. The summed E-state index contributed by atoms with van der Waals surface area (Å²) in [5.41, 5.74) is 5.04. The van der Waals surface area contributed by atoms with Gasteiger partial charge < -0.3 is 9.47 Å². The van der Waals surface area contributed by atoms with Crippen molar-refractivity contribution in [2.45, 2.75) is 20.0 Å². The molecule has 0 spiro atoms. The van der Waals surface area contributed by atoms with E-state index in [0.717, 1.165) is 5.56 Å². The molecule has 0 saturated carbocycles. The molecule has 0 radical (unpaired) electrons. The van der Waals surface area contributed by atoms with E-state index in [0.29, 0.717) is 46.2 Å². The first kappa shape index (κ1) is 25.5. The highest BCUT2D eigenvalue weighted by Crippen LogP contribution is 2.34. The van der Waals surface area contributed by atoms with Crippen molar-refractivity contribution in [3.63, 3.8) is 0 Å². The average Bonchev–Trinajstić information content (AvgIpc) is 2.84. The van der Waals surface area contributed by atoms with Crippen LogP contribution in [0.3, 0.4) is 0 Å². The predicted molar refractivity (Wildman–Crippen MR) is 135 cm³/mol. The van der Waals surface area contributed by atoms with Gasteiger partial charge in [-0.25, -0.2) is 5.43 Å². The lowest BCUT2D eigenvalue weighted by molar-refractivity contribution is -0.384. The van der Waals surface area contributed by atoms with Crippen LogP contribution in [0, 0.1) is 10.1 Å². The standard InChI is InChI=1S/C26H24ClN3O5/c1-3-6-21-13-19(16-28-29-26(31)20-9-11-22(27)12-10-20)15-24(34-4-2)25(21)35-17-18-7-5-8-23(14-18)30(32)33/h3,5,7-16H,1,4,6,17H2,2H3,(H,29,31)/b28-16-. The summed E-state index contributed by atoms with van der Waals surface area (Å²) in [4.78, 5) is 22.9. The summed E-state index contributed by atoms with van der Waals surface area (Å²) in [7, 11) is 0. The van der Waals surface area contributed by atoms with E-state index in [1.165, 1.54) is 18.3 Å². The number of hydrogen-bond donors (Lipinski definition) is 1. The van der Waals surface area contributed by atoms with Crippen LogP contribution >= 0.6 is 11.6 Å². The van der Waals surface area contributed by atoms with Crippen molar-refractivity contribution < 1.29 is 19.2 Å². The van der Waals surface area contributed by atoms with Crippen molar-refractivity contribution in [2.75, 3.05) is 6.61 Å². The van der Waals surface area contributed by atoms with Crippen LogP contribution < -0.4 is 14.9 Å². The second kappa shape index (κ2) is 12.3. The highest BCUT2D eigenvalue weighted by Gasteiger charge is 2.14. The first-order chi connectivity index (χ1) is 16.9. The minimum Gasteiger partial charge on any atom is -0.490 e. The van der Waals surface area contributed by atoms with Gasteiger partial charge in [0.1, 0.15) is 6.61 Å². The Morgan fingerprint density at radius 2 is 1.94 bits per heavy atom. The van der Waals surface area contributed by atoms with E-state index in [9.17, 15) is 14.9 Å². The molecule has 0 aliphatic rings. The zero-order valence-corrected chi connectivity index (χ0v) is 19.8. The first-order valence-corrected chi connectivity index (χ1v) is 11.1. The number of halogens is 1. The fraction of sp³-hybridized carbons (Fsp3) is 0.154. The van der Waals surface area contributed by atoms with Gasteiger partial charge in [0.2, 0.25) is 0 Å². The van der Waals surface area contributed by atoms with Gasteiger partial charge in [-0.2, -0.15) is 5.10 Å². The molecular weight excluding hydrogens is 470 g/mol. The maximum atomic E-state index is 12.3. The number of amides is 1. The number of ether oxygens (including phenoxy) is 2. The number of nitrogens with one attached hydrogen (secondary N) is 1. The van der Waals surface area contributed by atoms with Gasteiger partial charge in [0, 0.05) is 28.3 Å². The summed E-state index contributed by atoms with van der Waals surface area (Å²) in [6.45, 7) is 6.18. The predicted octanol–water partition coefficient (Wildman–Crippen LogP) is 5.72. The number of hydrazone groups is 1. The summed E-state index contributed by atoms with van der Waals surface area (Å²) in [6, 6.07) is 16.3. The number of carbonyl (C=O) groups excluding carboxylic acids is 1. The van der Waals surface area contributed by atoms with Crippen molar-refractivity contribution in [1.82, 2.24) is 5.43 Å². The fourth-order valence-corrected chi connectivity index (χ4v) is 3.36. The van der Waals surface area contributed by atoms with E-state index < -0.39 is 4.92 Å². The number of carbonyl (C=O) groups is 1. The monoisotopic (exact) mass is 493 g/mol. The van der Waals surface area contributed by atoms with Crippen molar-refractivity contribution in [3.8, 4) is 11.5 Å². The fourth-order valence-electron chi connectivity index (χ4n) is 3.24. The number of nitro benzene ring substituents is 1. The second-order valence-corrected chi connectivity index (χ2v) is 7.79. The number of rotatable bonds is 11. The van der Waals surface area contributed by atoms with Crippen LogP contribution in [0.1, 0.15) is 34.0 Å². The van der Waals surface area contributed by atoms with E-state index >= 15 is 0 Å². The molecule has 0 fully saturated rings. The molecule has 0 heterocycles. The lowest BCUT2D eigenvalue weighted by Crippen LogP contribution is -2.17. The van der Waals surface area contributed by atoms with Crippen LogP contribution in [0.4, 0.5) is 5.69 Å². The highest BCUT2D eigenvalue weighted by molar-refractivity contribution is 6.30. The maximum absolute atomic E-state index is 12.3. The Bertz CT molecular complexity index is 1240. The van der Waals surface area contributed by atoms with Gasteiger partial charge in [-0.3, -0.25) is 14.9 Å². The van der Waals surface area contributed by atoms with Gasteiger partial charge in [0.25, 0.3) is 11.6 Å². The van der Waals surface area contributed by atoms with E-state index in [1.54, 1.807) is 48.5 Å². The minimum absolute atomic E-state index is 0.00495. The van der Waals surface area contributed by atoms with Gasteiger partial charge in [-0.1, -0.05) is 29.8 Å². The van der Waals surface area contributed by atoms with Gasteiger partial charge in [-0.05, 0) is 60.9 Å². The second-order valence-electron chi connectivity index (χ2n) is 7.35. The lowest BCUT2D eigenvalue weighted by Gasteiger charge is -2.16. The number of nitrogens with zero attached hydrogens (tertiary/aromatic N) is 2. The largest absolute Gasteiger partial charge is 0.490 e. The van der Waals surface area contributed by atoms with Gasteiger partial charge in [0.05, 0.1) is 17.7 Å². The van der Waals surface area contributed by atoms with Crippen LogP contribution in [0.15, 0.2) is 78.4 Å². The molecule has 0 unspecified atom stereocenters. The van der Waals surface area contributed by atoms with Crippen molar-refractivity contribution in [2.24, 2.45) is 5.10 Å². The molecule has 0 bridgehead atoms. The Morgan fingerprint density at radius 1 is 1.17 bits per heavy atom. The maximum Gasteiger partial charge on any atom is 0.271 e. The SMILES string of the molecule is C=CCc1cc(/C=N\NC(=O)c2ccc(Cl)cc2)cc(OCC)c1OCc1cccc([N+](=O)[O-])c1. The number of non-ortho nitro benzene ring substituents is 1. The molecule has 3 rings (SSSR count). The molecule has 0 atom stereocenters.